The third-order valence-electron chi connectivity index (χ3n) is 5.83. The summed E-state index contributed by atoms with van der Waals surface area (Å²) in [5, 5.41) is 6.06. The highest BCUT2D eigenvalue weighted by molar-refractivity contribution is 5.99. The highest BCUT2D eigenvalue weighted by Crippen LogP contribution is 2.36. The maximum Gasteiger partial charge on any atom is 0.255 e. The molecule has 3 aromatic rings. The zero-order valence-corrected chi connectivity index (χ0v) is 20.0. The van der Waals surface area contributed by atoms with Crippen LogP contribution in [0.2, 0.25) is 0 Å². The Kier molecular flexibility index (Phi) is 6.24. The van der Waals surface area contributed by atoms with Crippen molar-refractivity contribution in [3.8, 4) is 5.75 Å². The third kappa shape index (κ3) is 4.85. The Morgan fingerprint density at radius 1 is 1.06 bits per heavy atom. The fourth-order valence-corrected chi connectivity index (χ4v) is 3.76. The molecule has 0 radical (unpaired) electrons. The van der Waals surface area contributed by atoms with Crippen molar-refractivity contribution in [2.45, 2.75) is 40.3 Å². The van der Waals surface area contributed by atoms with E-state index in [1.54, 1.807) is 13.2 Å². The van der Waals surface area contributed by atoms with Gasteiger partial charge in [0, 0.05) is 29.3 Å². The number of fused-ring (bicyclic) bond motifs is 1. The molecule has 34 heavy (non-hydrogen) atoms. The molecular formula is C26H29N5O3. The lowest BCUT2D eigenvalue weighted by atomic mass is 9.96. The van der Waals surface area contributed by atoms with Crippen molar-refractivity contribution in [3.05, 3.63) is 71.5 Å². The first-order chi connectivity index (χ1) is 16.2. The van der Waals surface area contributed by atoms with Gasteiger partial charge in [-0.15, -0.1) is 0 Å². The highest BCUT2D eigenvalue weighted by atomic mass is 16.5. The van der Waals surface area contributed by atoms with Crippen molar-refractivity contribution in [1.82, 2.24) is 14.9 Å². The van der Waals surface area contributed by atoms with Crippen molar-refractivity contribution < 1.29 is 14.3 Å². The number of ether oxygens (including phenoxy) is 1. The van der Waals surface area contributed by atoms with Crippen molar-refractivity contribution in [2.24, 2.45) is 5.41 Å². The Balaban J connectivity index is 1.49. The lowest BCUT2D eigenvalue weighted by molar-refractivity contribution is -0.123. The van der Waals surface area contributed by atoms with E-state index in [1.165, 1.54) is 6.33 Å². The maximum atomic E-state index is 13.1. The Labute approximate surface area is 199 Å². The molecule has 1 atom stereocenters. The van der Waals surface area contributed by atoms with Crippen molar-refractivity contribution in [3.63, 3.8) is 0 Å². The number of hydrogen-bond donors (Lipinski definition) is 2. The normalized spacial score (nSPS) is 15.1. The summed E-state index contributed by atoms with van der Waals surface area (Å²) in [6.07, 6.45) is 1.40. The monoisotopic (exact) mass is 459 g/mol. The molecule has 2 aromatic carbocycles. The minimum Gasteiger partial charge on any atom is -0.497 e. The van der Waals surface area contributed by atoms with E-state index in [-0.39, 0.29) is 17.9 Å². The number of amides is 2. The van der Waals surface area contributed by atoms with Gasteiger partial charge in [-0.25, -0.2) is 9.97 Å². The molecule has 1 unspecified atom stereocenters. The second-order valence-electron chi connectivity index (χ2n) is 9.38. The molecule has 8 nitrogen and oxygen atoms in total. The van der Waals surface area contributed by atoms with E-state index < -0.39 is 5.41 Å². The standard InChI is InChI=1S/C26H29N5O3/c1-16-21-12-18(29-22-13-23(28-15-27-22)30-25(33)26(2,3)4)8-11-20(21)24(32)31(16)14-17-6-9-19(34-5)10-7-17/h6-13,15-16H,14H2,1-5H3,(H2,27,28,29,30,33). The molecule has 4 rings (SSSR count). The van der Waals surface area contributed by atoms with Gasteiger partial charge < -0.3 is 20.3 Å². The van der Waals surface area contributed by atoms with E-state index in [0.717, 1.165) is 22.6 Å². The zero-order chi connectivity index (χ0) is 24.5. The summed E-state index contributed by atoms with van der Waals surface area (Å²) < 4.78 is 5.22. The molecular weight excluding hydrogens is 430 g/mol. The van der Waals surface area contributed by atoms with Crippen LogP contribution >= 0.6 is 0 Å². The van der Waals surface area contributed by atoms with Gasteiger partial charge in [0.1, 0.15) is 23.7 Å². The van der Waals surface area contributed by atoms with Gasteiger partial charge in [-0.2, -0.15) is 0 Å². The van der Waals surface area contributed by atoms with E-state index in [0.29, 0.717) is 23.7 Å². The fourth-order valence-electron chi connectivity index (χ4n) is 3.76. The Morgan fingerprint density at radius 2 is 1.76 bits per heavy atom. The highest BCUT2D eigenvalue weighted by Gasteiger charge is 2.34. The van der Waals surface area contributed by atoms with Gasteiger partial charge in [0.2, 0.25) is 5.91 Å². The Bertz CT molecular complexity index is 1220. The van der Waals surface area contributed by atoms with E-state index in [4.69, 9.17) is 4.74 Å². The van der Waals surface area contributed by atoms with Crippen LogP contribution < -0.4 is 15.4 Å². The van der Waals surface area contributed by atoms with E-state index in [1.807, 2.05) is 75.1 Å². The maximum absolute atomic E-state index is 13.1. The van der Waals surface area contributed by atoms with E-state index >= 15 is 0 Å². The smallest absolute Gasteiger partial charge is 0.255 e. The molecule has 0 fully saturated rings. The van der Waals surface area contributed by atoms with Crippen LogP contribution in [0.1, 0.15) is 55.2 Å². The number of rotatable bonds is 6. The average Bonchev–Trinajstić information content (AvgIpc) is 3.03. The summed E-state index contributed by atoms with van der Waals surface area (Å²) in [6.45, 7) is 8.07. The van der Waals surface area contributed by atoms with Gasteiger partial charge in [-0.05, 0) is 48.4 Å². The number of aromatic nitrogens is 2. The van der Waals surface area contributed by atoms with Crippen molar-refractivity contribution in [1.29, 1.82) is 0 Å². The quantitative estimate of drug-likeness (QED) is 0.543. The molecule has 0 saturated heterocycles. The average molecular weight is 460 g/mol. The molecule has 1 aliphatic heterocycles. The number of carbonyl (C=O) groups is 2. The molecule has 0 saturated carbocycles. The molecule has 2 N–H and O–H groups in total. The summed E-state index contributed by atoms with van der Waals surface area (Å²) in [4.78, 5) is 35.6. The Hall–Kier alpha value is -3.94. The minimum absolute atomic E-state index is 0.0130. The van der Waals surface area contributed by atoms with Crippen molar-refractivity contribution in [2.75, 3.05) is 17.7 Å². The van der Waals surface area contributed by atoms with Crippen LogP contribution in [0.4, 0.5) is 17.3 Å². The lowest BCUT2D eigenvalue weighted by Crippen LogP contribution is -2.28. The molecule has 1 aromatic heterocycles. The van der Waals surface area contributed by atoms with Gasteiger partial charge >= 0.3 is 0 Å². The van der Waals surface area contributed by atoms with Crippen LogP contribution in [0.3, 0.4) is 0 Å². The predicted octanol–water partition coefficient (Wildman–Crippen LogP) is 4.93. The third-order valence-corrected chi connectivity index (χ3v) is 5.83. The fraction of sp³-hybridized carbons (Fsp3) is 0.308. The lowest BCUT2D eigenvalue weighted by Gasteiger charge is -2.22. The molecule has 8 heteroatoms. The molecule has 2 amide bonds. The summed E-state index contributed by atoms with van der Waals surface area (Å²) >= 11 is 0. The zero-order valence-electron chi connectivity index (χ0n) is 20.0. The molecule has 0 aliphatic carbocycles. The molecule has 1 aliphatic rings. The number of carbonyl (C=O) groups excluding carboxylic acids is 2. The largest absolute Gasteiger partial charge is 0.497 e. The first-order valence-electron chi connectivity index (χ1n) is 11.1. The van der Waals surface area contributed by atoms with Crippen LogP contribution in [0.15, 0.2) is 54.9 Å². The summed E-state index contributed by atoms with van der Waals surface area (Å²) in [5.74, 6) is 1.64. The topological polar surface area (TPSA) is 96.5 Å². The Morgan fingerprint density at radius 3 is 2.44 bits per heavy atom. The predicted molar refractivity (Wildman–Crippen MR) is 131 cm³/mol. The van der Waals surface area contributed by atoms with Crippen molar-refractivity contribution >= 4 is 29.1 Å². The molecule has 0 bridgehead atoms. The second kappa shape index (κ2) is 9.13. The number of methoxy groups -OCH3 is 1. The van der Waals surface area contributed by atoms with Gasteiger partial charge in [0.05, 0.1) is 13.2 Å². The van der Waals surface area contributed by atoms with Crippen LogP contribution in [-0.4, -0.2) is 33.8 Å². The summed E-state index contributed by atoms with van der Waals surface area (Å²) in [6, 6.07) is 15.0. The molecule has 176 valence electrons. The first kappa shape index (κ1) is 23.2. The van der Waals surface area contributed by atoms with Crippen LogP contribution in [0.5, 0.6) is 5.75 Å². The number of nitrogens with zero attached hydrogens (tertiary/aromatic N) is 3. The van der Waals surface area contributed by atoms with E-state index in [9.17, 15) is 9.59 Å². The molecule has 0 spiro atoms. The SMILES string of the molecule is COc1ccc(CN2C(=O)c3ccc(Nc4cc(NC(=O)C(C)(C)C)ncn4)cc3C2C)cc1. The molecule has 2 heterocycles. The minimum atomic E-state index is -0.529. The van der Waals surface area contributed by atoms with Gasteiger partial charge in [-0.1, -0.05) is 32.9 Å². The second-order valence-corrected chi connectivity index (χ2v) is 9.38. The number of hydrogen-bond acceptors (Lipinski definition) is 6. The number of benzene rings is 2. The summed E-state index contributed by atoms with van der Waals surface area (Å²) in [7, 11) is 1.63. The van der Waals surface area contributed by atoms with Gasteiger partial charge in [0.25, 0.3) is 5.91 Å². The van der Waals surface area contributed by atoms with Gasteiger partial charge in [0.15, 0.2) is 0 Å². The van der Waals surface area contributed by atoms with Crippen LogP contribution in [0.25, 0.3) is 0 Å². The van der Waals surface area contributed by atoms with Crippen LogP contribution in [0, 0.1) is 5.41 Å². The number of nitrogens with one attached hydrogen (secondary N) is 2. The van der Waals surface area contributed by atoms with E-state index in [2.05, 4.69) is 20.6 Å². The number of anilines is 3. The first-order valence-corrected chi connectivity index (χ1v) is 11.1. The summed E-state index contributed by atoms with van der Waals surface area (Å²) in [5.41, 5.74) is 2.97. The van der Waals surface area contributed by atoms with Crippen LogP contribution in [-0.2, 0) is 11.3 Å². The van der Waals surface area contributed by atoms with Gasteiger partial charge in [-0.3, -0.25) is 9.59 Å².